The molecule has 0 saturated carbocycles. The van der Waals surface area contributed by atoms with Crippen LogP contribution in [0.5, 0.6) is 0 Å². The molecular formula is C18H20FNO2. The van der Waals surface area contributed by atoms with Crippen molar-refractivity contribution in [3.63, 3.8) is 0 Å². The Balaban J connectivity index is 1.91. The lowest BCUT2D eigenvalue weighted by Gasteiger charge is -2.42. The number of hydrogen-bond donors (Lipinski definition) is 1. The fourth-order valence-corrected chi connectivity index (χ4v) is 3.05. The summed E-state index contributed by atoms with van der Waals surface area (Å²) in [4.78, 5) is 2.21. The van der Waals surface area contributed by atoms with E-state index >= 15 is 0 Å². The Labute approximate surface area is 130 Å². The van der Waals surface area contributed by atoms with Crippen molar-refractivity contribution in [3.05, 3.63) is 71.5 Å². The molecule has 0 radical (unpaired) electrons. The molecule has 1 fully saturated rings. The van der Waals surface area contributed by atoms with Gasteiger partial charge in [-0.3, -0.25) is 4.90 Å². The maximum absolute atomic E-state index is 13.2. The van der Waals surface area contributed by atoms with Gasteiger partial charge >= 0.3 is 0 Å². The molecule has 3 atom stereocenters. The van der Waals surface area contributed by atoms with Gasteiger partial charge in [-0.2, -0.15) is 0 Å². The quantitative estimate of drug-likeness (QED) is 0.944. The molecular weight excluding hydrogens is 281 g/mol. The summed E-state index contributed by atoms with van der Waals surface area (Å²) in [6, 6.07) is 16.3. The monoisotopic (exact) mass is 301 g/mol. The highest BCUT2D eigenvalue weighted by Gasteiger charge is 2.35. The van der Waals surface area contributed by atoms with Crippen LogP contribution in [0.15, 0.2) is 54.6 Å². The van der Waals surface area contributed by atoms with Crippen LogP contribution in [0.4, 0.5) is 4.39 Å². The topological polar surface area (TPSA) is 32.7 Å². The Hall–Kier alpha value is -1.75. The number of morpholine rings is 1. The van der Waals surface area contributed by atoms with Crippen molar-refractivity contribution in [2.75, 3.05) is 13.2 Å². The summed E-state index contributed by atoms with van der Waals surface area (Å²) in [5.74, 6) is -0.280. The number of aliphatic hydroxyl groups excluding tert-OH is 1. The Morgan fingerprint density at radius 1 is 1.14 bits per heavy atom. The Morgan fingerprint density at radius 3 is 2.50 bits per heavy atom. The highest BCUT2D eigenvalue weighted by atomic mass is 19.1. The minimum atomic E-state index is -0.912. The van der Waals surface area contributed by atoms with Crippen LogP contribution in [0.3, 0.4) is 0 Å². The summed E-state index contributed by atoms with van der Waals surface area (Å²) < 4.78 is 18.6. The summed E-state index contributed by atoms with van der Waals surface area (Å²) in [5.41, 5.74) is 2.04. The maximum Gasteiger partial charge on any atom is 0.174 e. The van der Waals surface area contributed by atoms with E-state index in [1.165, 1.54) is 17.7 Å². The van der Waals surface area contributed by atoms with E-state index in [9.17, 15) is 9.50 Å². The molecule has 0 spiro atoms. The van der Waals surface area contributed by atoms with Crippen LogP contribution in [-0.4, -0.2) is 29.4 Å². The molecule has 0 aliphatic carbocycles. The molecule has 1 aliphatic rings. The first-order chi connectivity index (χ1) is 10.7. The fraction of sp³-hybridized carbons (Fsp3) is 0.333. The summed E-state index contributed by atoms with van der Waals surface area (Å²) in [5, 5.41) is 10.3. The smallest absolute Gasteiger partial charge is 0.174 e. The third kappa shape index (κ3) is 3.04. The number of ether oxygens (including phenoxy) is 1. The predicted molar refractivity (Wildman–Crippen MR) is 82.7 cm³/mol. The van der Waals surface area contributed by atoms with Crippen LogP contribution in [0.2, 0.25) is 0 Å². The van der Waals surface area contributed by atoms with Crippen LogP contribution in [0, 0.1) is 5.82 Å². The van der Waals surface area contributed by atoms with Crippen molar-refractivity contribution in [1.82, 2.24) is 4.90 Å². The van der Waals surface area contributed by atoms with Gasteiger partial charge in [0.2, 0.25) is 0 Å². The minimum absolute atomic E-state index is 0.134. The van der Waals surface area contributed by atoms with Crippen molar-refractivity contribution in [2.24, 2.45) is 0 Å². The van der Waals surface area contributed by atoms with Gasteiger partial charge in [-0.25, -0.2) is 4.39 Å². The van der Waals surface area contributed by atoms with Crippen molar-refractivity contribution in [1.29, 1.82) is 0 Å². The van der Waals surface area contributed by atoms with Crippen LogP contribution < -0.4 is 0 Å². The van der Waals surface area contributed by atoms with E-state index in [0.717, 1.165) is 12.1 Å². The molecule has 2 aromatic rings. The van der Waals surface area contributed by atoms with Gasteiger partial charge in [0.15, 0.2) is 6.29 Å². The third-order valence-electron chi connectivity index (χ3n) is 4.26. The summed E-state index contributed by atoms with van der Waals surface area (Å²) >= 11 is 0. The lowest BCUT2D eigenvalue weighted by atomic mass is 9.98. The molecule has 2 aromatic carbocycles. The van der Waals surface area contributed by atoms with E-state index in [4.69, 9.17) is 4.74 Å². The molecule has 1 heterocycles. The van der Waals surface area contributed by atoms with Crippen molar-refractivity contribution < 1.29 is 14.2 Å². The number of hydrogen-bond acceptors (Lipinski definition) is 3. The average Bonchev–Trinajstić information content (AvgIpc) is 2.56. The molecule has 3 rings (SSSR count). The number of benzene rings is 2. The number of aliphatic hydroxyl groups is 1. The predicted octanol–water partition coefficient (Wildman–Crippen LogP) is 3.28. The first kappa shape index (κ1) is 15.2. The third-order valence-corrected chi connectivity index (χ3v) is 4.26. The summed E-state index contributed by atoms with van der Waals surface area (Å²) in [7, 11) is 0. The Morgan fingerprint density at radius 2 is 1.82 bits per heavy atom. The van der Waals surface area contributed by atoms with Gasteiger partial charge in [0, 0.05) is 12.6 Å². The fourth-order valence-electron chi connectivity index (χ4n) is 3.05. The zero-order valence-corrected chi connectivity index (χ0v) is 12.5. The summed E-state index contributed by atoms with van der Waals surface area (Å²) in [6.45, 7) is 3.31. The van der Waals surface area contributed by atoms with E-state index in [0.29, 0.717) is 6.61 Å². The maximum atomic E-state index is 13.2. The normalized spacial score (nSPS) is 24.1. The lowest BCUT2D eigenvalue weighted by molar-refractivity contribution is -0.189. The molecule has 0 bridgehead atoms. The molecule has 0 aromatic heterocycles. The zero-order valence-electron chi connectivity index (χ0n) is 12.5. The van der Waals surface area contributed by atoms with Crippen LogP contribution in [0.1, 0.15) is 30.1 Å². The number of halogens is 1. The van der Waals surface area contributed by atoms with Gasteiger partial charge in [-0.15, -0.1) is 0 Å². The Kier molecular flexibility index (Phi) is 4.52. The molecule has 0 unspecified atom stereocenters. The highest BCUT2D eigenvalue weighted by molar-refractivity contribution is 5.24. The highest BCUT2D eigenvalue weighted by Crippen LogP contribution is 2.35. The molecule has 0 amide bonds. The van der Waals surface area contributed by atoms with Crippen LogP contribution in [-0.2, 0) is 4.74 Å². The molecule has 1 aliphatic heterocycles. The van der Waals surface area contributed by atoms with Gasteiger partial charge in [0.1, 0.15) is 5.82 Å². The van der Waals surface area contributed by atoms with Gasteiger partial charge in [0.25, 0.3) is 0 Å². The molecule has 3 nitrogen and oxygen atoms in total. The van der Waals surface area contributed by atoms with Gasteiger partial charge < -0.3 is 9.84 Å². The van der Waals surface area contributed by atoms with Crippen molar-refractivity contribution in [2.45, 2.75) is 25.3 Å². The second kappa shape index (κ2) is 6.57. The molecule has 1 N–H and O–H groups in total. The van der Waals surface area contributed by atoms with E-state index in [1.54, 1.807) is 12.1 Å². The van der Waals surface area contributed by atoms with Crippen molar-refractivity contribution in [3.8, 4) is 0 Å². The van der Waals surface area contributed by atoms with E-state index in [2.05, 4.69) is 24.0 Å². The second-order valence-corrected chi connectivity index (χ2v) is 5.58. The number of nitrogens with zero attached hydrogens (tertiary/aromatic N) is 1. The van der Waals surface area contributed by atoms with E-state index in [-0.39, 0.29) is 17.9 Å². The first-order valence-corrected chi connectivity index (χ1v) is 7.52. The minimum Gasteiger partial charge on any atom is -0.366 e. The largest absolute Gasteiger partial charge is 0.366 e. The van der Waals surface area contributed by atoms with Crippen molar-refractivity contribution >= 4 is 0 Å². The first-order valence-electron chi connectivity index (χ1n) is 7.52. The van der Waals surface area contributed by atoms with Gasteiger partial charge in [-0.05, 0) is 30.2 Å². The SMILES string of the molecule is C[C@@H](c1ccccc1)N1CCO[C@H](O)[C@H]1c1ccc(F)cc1. The average molecular weight is 301 g/mol. The van der Waals surface area contributed by atoms with E-state index < -0.39 is 6.29 Å². The molecule has 116 valence electrons. The van der Waals surface area contributed by atoms with Crippen LogP contribution >= 0.6 is 0 Å². The summed E-state index contributed by atoms with van der Waals surface area (Å²) in [6.07, 6.45) is -0.912. The van der Waals surface area contributed by atoms with E-state index in [1.807, 2.05) is 18.2 Å². The zero-order chi connectivity index (χ0) is 15.5. The lowest BCUT2D eigenvalue weighted by Crippen LogP contribution is -2.46. The number of rotatable bonds is 3. The molecule has 22 heavy (non-hydrogen) atoms. The van der Waals surface area contributed by atoms with Crippen LogP contribution in [0.25, 0.3) is 0 Å². The Bertz CT molecular complexity index is 602. The van der Waals surface area contributed by atoms with Gasteiger partial charge in [0.05, 0.1) is 12.6 Å². The molecule has 4 heteroatoms. The molecule has 1 saturated heterocycles. The second-order valence-electron chi connectivity index (χ2n) is 5.58. The standard InChI is InChI=1S/C18H20FNO2/c1-13(14-5-3-2-4-6-14)20-11-12-22-18(21)17(20)15-7-9-16(19)10-8-15/h2-10,13,17-18,21H,11-12H2,1H3/t13-,17+,18-/m0/s1. The van der Waals surface area contributed by atoms with Gasteiger partial charge in [-0.1, -0.05) is 42.5 Å².